The molecule has 1 heterocycles. The standard InChI is InChI=1S/C12H9NO4/c1-17-12(16)8-4-2-3-7-9(10(15)6-14)5-13-11(7)8/h2-6,13H,1H3. The van der Waals surface area contributed by atoms with Crippen molar-refractivity contribution in [2.24, 2.45) is 0 Å². The molecule has 0 saturated carbocycles. The quantitative estimate of drug-likeness (QED) is 0.374. The first kappa shape index (κ1) is 11.1. The van der Waals surface area contributed by atoms with Crippen molar-refractivity contribution < 1.29 is 19.1 Å². The highest BCUT2D eigenvalue weighted by molar-refractivity contribution is 6.36. The fourth-order valence-corrected chi connectivity index (χ4v) is 1.70. The molecule has 2 rings (SSSR count). The van der Waals surface area contributed by atoms with Crippen molar-refractivity contribution in [1.82, 2.24) is 4.98 Å². The maximum absolute atomic E-state index is 11.5. The summed E-state index contributed by atoms with van der Waals surface area (Å²) in [4.78, 5) is 36.1. The number of ketones is 1. The van der Waals surface area contributed by atoms with E-state index in [1.165, 1.54) is 13.3 Å². The van der Waals surface area contributed by atoms with Crippen molar-refractivity contribution in [2.75, 3.05) is 7.11 Å². The molecular weight excluding hydrogens is 222 g/mol. The summed E-state index contributed by atoms with van der Waals surface area (Å²) in [5, 5.41) is 0.532. The summed E-state index contributed by atoms with van der Waals surface area (Å²) in [6, 6.07) is 4.87. The predicted octanol–water partition coefficient (Wildman–Crippen LogP) is 1.34. The first-order chi connectivity index (χ1) is 8.19. The number of hydrogen-bond donors (Lipinski definition) is 1. The van der Waals surface area contributed by atoms with Gasteiger partial charge in [-0.05, 0) is 6.07 Å². The van der Waals surface area contributed by atoms with Gasteiger partial charge in [-0.15, -0.1) is 0 Å². The highest BCUT2D eigenvalue weighted by Crippen LogP contribution is 2.22. The molecule has 86 valence electrons. The van der Waals surface area contributed by atoms with Crippen molar-refractivity contribution in [1.29, 1.82) is 0 Å². The van der Waals surface area contributed by atoms with Gasteiger partial charge in [-0.25, -0.2) is 4.79 Å². The van der Waals surface area contributed by atoms with Crippen LogP contribution in [0.3, 0.4) is 0 Å². The topological polar surface area (TPSA) is 76.2 Å². The van der Waals surface area contributed by atoms with Crippen molar-refractivity contribution in [3.63, 3.8) is 0 Å². The van der Waals surface area contributed by atoms with Gasteiger partial charge in [-0.1, -0.05) is 12.1 Å². The Bertz CT molecular complexity index is 612. The van der Waals surface area contributed by atoms with Gasteiger partial charge in [0, 0.05) is 11.6 Å². The Morgan fingerprint density at radius 2 is 2.06 bits per heavy atom. The molecule has 0 aliphatic rings. The van der Waals surface area contributed by atoms with E-state index in [2.05, 4.69) is 9.72 Å². The number of esters is 1. The van der Waals surface area contributed by atoms with E-state index in [0.717, 1.165) is 0 Å². The lowest BCUT2D eigenvalue weighted by molar-refractivity contribution is -0.104. The van der Waals surface area contributed by atoms with E-state index in [4.69, 9.17) is 0 Å². The molecule has 0 amide bonds. The van der Waals surface area contributed by atoms with E-state index in [9.17, 15) is 14.4 Å². The lowest BCUT2D eigenvalue weighted by Gasteiger charge is -2.00. The second-order valence-corrected chi connectivity index (χ2v) is 3.40. The third-order valence-electron chi connectivity index (χ3n) is 2.49. The van der Waals surface area contributed by atoms with Crippen LogP contribution in [-0.4, -0.2) is 30.1 Å². The molecule has 5 nitrogen and oxygen atoms in total. The molecular formula is C12H9NO4. The molecule has 0 saturated heterocycles. The molecule has 0 fully saturated rings. The largest absolute Gasteiger partial charge is 0.465 e. The Labute approximate surface area is 96.4 Å². The van der Waals surface area contributed by atoms with E-state index in [-0.39, 0.29) is 11.8 Å². The van der Waals surface area contributed by atoms with E-state index >= 15 is 0 Å². The Morgan fingerprint density at radius 3 is 2.71 bits per heavy atom. The van der Waals surface area contributed by atoms with Crippen molar-refractivity contribution in [2.45, 2.75) is 0 Å². The van der Waals surface area contributed by atoms with Crippen LogP contribution in [0, 0.1) is 0 Å². The van der Waals surface area contributed by atoms with Gasteiger partial charge in [0.2, 0.25) is 5.78 Å². The molecule has 1 aromatic carbocycles. The molecule has 2 aromatic rings. The van der Waals surface area contributed by atoms with E-state index < -0.39 is 11.8 Å². The Hall–Kier alpha value is -2.43. The summed E-state index contributed by atoms with van der Waals surface area (Å²) >= 11 is 0. The van der Waals surface area contributed by atoms with Crippen LogP contribution in [0.4, 0.5) is 0 Å². The highest BCUT2D eigenvalue weighted by Gasteiger charge is 2.16. The number of hydrogen-bond acceptors (Lipinski definition) is 4. The Balaban J connectivity index is 2.68. The molecule has 0 aliphatic heterocycles. The zero-order valence-corrected chi connectivity index (χ0v) is 9.02. The minimum Gasteiger partial charge on any atom is -0.465 e. The van der Waals surface area contributed by atoms with E-state index in [1.54, 1.807) is 18.2 Å². The summed E-state index contributed by atoms with van der Waals surface area (Å²) in [6.07, 6.45) is 1.65. The fraction of sp³-hybridized carbons (Fsp3) is 0.0833. The number of methoxy groups -OCH3 is 1. The van der Waals surface area contributed by atoms with Gasteiger partial charge in [-0.3, -0.25) is 9.59 Å². The van der Waals surface area contributed by atoms with Crippen LogP contribution in [-0.2, 0) is 9.53 Å². The minimum atomic E-state index is -0.627. The highest BCUT2D eigenvalue weighted by atomic mass is 16.5. The molecule has 0 spiro atoms. The molecule has 1 aromatic heterocycles. The number of carbonyl (C=O) groups is 3. The SMILES string of the molecule is COC(=O)c1cccc2c(C(=O)C=O)c[nH]c12. The number of carbonyl (C=O) groups excluding carboxylic acids is 3. The normalized spacial score (nSPS) is 10.2. The molecule has 0 radical (unpaired) electrons. The van der Waals surface area contributed by atoms with Crippen LogP contribution in [0.2, 0.25) is 0 Å². The molecule has 1 N–H and O–H groups in total. The number of fused-ring (bicyclic) bond motifs is 1. The lowest BCUT2D eigenvalue weighted by atomic mass is 10.1. The zero-order chi connectivity index (χ0) is 12.4. The Morgan fingerprint density at radius 1 is 1.29 bits per heavy atom. The van der Waals surface area contributed by atoms with Crippen LogP contribution >= 0.6 is 0 Å². The number of aromatic amines is 1. The number of aromatic nitrogens is 1. The average Bonchev–Trinajstić information content (AvgIpc) is 2.80. The first-order valence-corrected chi connectivity index (χ1v) is 4.87. The molecule has 0 bridgehead atoms. The first-order valence-electron chi connectivity index (χ1n) is 4.87. The smallest absolute Gasteiger partial charge is 0.339 e. The maximum Gasteiger partial charge on any atom is 0.339 e. The van der Waals surface area contributed by atoms with E-state index in [1.807, 2.05) is 0 Å². The fourth-order valence-electron chi connectivity index (χ4n) is 1.70. The number of ether oxygens (including phenoxy) is 1. The molecule has 0 unspecified atom stereocenters. The summed E-state index contributed by atoms with van der Waals surface area (Å²) in [6.45, 7) is 0. The molecule has 0 aliphatic carbocycles. The molecule has 0 atom stereocenters. The van der Waals surface area contributed by atoms with Crippen molar-refractivity contribution in [3.05, 3.63) is 35.5 Å². The van der Waals surface area contributed by atoms with Gasteiger partial charge in [0.1, 0.15) is 0 Å². The van der Waals surface area contributed by atoms with Gasteiger partial charge < -0.3 is 9.72 Å². The number of nitrogens with one attached hydrogen (secondary N) is 1. The number of aldehydes is 1. The minimum absolute atomic E-state index is 0.243. The Kier molecular flexibility index (Phi) is 2.74. The number of H-pyrrole nitrogens is 1. The second-order valence-electron chi connectivity index (χ2n) is 3.40. The monoisotopic (exact) mass is 231 g/mol. The third-order valence-corrected chi connectivity index (χ3v) is 2.49. The zero-order valence-electron chi connectivity index (χ0n) is 9.02. The molecule has 5 heteroatoms. The summed E-state index contributed by atoms with van der Waals surface area (Å²) in [5.41, 5.74) is 1.07. The van der Waals surface area contributed by atoms with E-state index in [0.29, 0.717) is 16.5 Å². The summed E-state index contributed by atoms with van der Waals surface area (Å²) < 4.78 is 4.63. The van der Waals surface area contributed by atoms with Crippen LogP contribution in [0.25, 0.3) is 10.9 Å². The number of benzene rings is 1. The number of rotatable bonds is 3. The molecule has 17 heavy (non-hydrogen) atoms. The van der Waals surface area contributed by atoms with Gasteiger partial charge in [0.25, 0.3) is 0 Å². The summed E-state index contributed by atoms with van der Waals surface area (Å²) in [7, 11) is 1.28. The van der Waals surface area contributed by atoms with Gasteiger partial charge in [-0.2, -0.15) is 0 Å². The number of Topliss-reactive ketones (excluding diaryl/α,β-unsaturated/α-hetero) is 1. The van der Waals surface area contributed by atoms with Gasteiger partial charge in [0.15, 0.2) is 6.29 Å². The van der Waals surface area contributed by atoms with Crippen molar-refractivity contribution in [3.8, 4) is 0 Å². The lowest BCUT2D eigenvalue weighted by Crippen LogP contribution is -2.02. The maximum atomic E-state index is 11.5. The van der Waals surface area contributed by atoms with Crippen LogP contribution in [0.5, 0.6) is 0 Å². The second kappa shape index (κ2) is 4.21. The number of para-hydroxylation sites is 1. The van der Waals surface area contributed by atoms with Gasteiger partial charge in [0.05, 0.1) is 23.8 Å². The van der Waals surface area contributed by atoms with Crippen LogP contribution in [0.15, 0.2) is 24.4 Å². The summed E-state index contributed by atoms with van der Waals surface area (Å²) in [5.74, 6) is -1.12. The van der Waals surface area contributed by atoms with Crippen LogP contribution < -0.4 is 0 Å². The van der Waals surface area contributed by atoms with Crippen LogP contribution in [0.1, 0.15) is 20.7 Å². The predicted molar refractivity (Wildman–Crippen MR) is 60.0 cm³/mol. The van der Waals surface area contributed by atoms with Crippen molar-refractivity contribution >= 4 is 28.9 Å². The average molecular weight is 231 g/mol. The van der Waals surface area contributed by atoms with Gasteiger partial charge >= 0.3 is 5.97 Å². The third kappa shape index (κ3) is 1.71.